The van der Waals surface area contributed by atoms with Crippen LogP contribution in [0.1, 0.15) is 26.3 Å². The van der Waals surface area contributed by atoms with Gasteiger partial charge < -0.3 is 9.64 Å². The molecule has 1 aromatic carbocycles. The molecule has 0 saturated carbocycles. The number of ether oxygens (including phenoxy) is 1. The largest absolute Gasteiger partial charge is 0.465 e. The number of aliphatic imine (C=N–C) groups is 1. The van der Waals surface area contributed by atoms with Crippen LogP contribution in [0.15, 0.2) is 53.7 Å². The van der Waals surface area contributed by atoms with E-state index in [-0.39, 0.29) is 5.97 Å². The highest BCUT2D eigenvalue weighted by Crippen LogP contribution is 2.23. The summed E-state index contributed by atoms with van der Waals surface area (Å²) >= 11 is 0. The van der Waals surface area contributed by atoms with Crippen molar-refractivity contribution in [2.75, 3.05) is 19.7 Å². The molecule has 1 heterocycles. The number of benzene rings is 1. The number of esters is 1. The molecule has 0 bridgehead atoms. The summed E-state index contributed by atoms with van der Waals surface area (Å²) in [5, 5.41) is 0. The summed E-state index contributed by atoms with van der Waals surface area (Å²) in [6.45, 7) is 7.90. The van der Waals surface area contributed by atoms with Crippen LogP contribution >= 0.6 is 0 Å². The molecule has 0 saturated heterocycles. The minimum atomic E-state index is -0.486. The molecule has 0 fully saturated rings. The van der Waals surface area contributed by atoms with E-state index in [1.807, 2.05) is 49.4 Å². The zero-order chi connectivity index (χ0) is 16.7. The maximum Gasteiger partial charge on any atom is 0.320 e. The van der Waals surface area contributed by atoms with Crippen molar-refractivity contribution in [1.29, 1.82) is 0 Å². The maximum atomic E-state index is 12.5. The first-order valence-corrected chi connectivity index (χ1v) is 8.14. The Morgan fingerprint density at radius 2 is 1.87 bits per heavy atom. The van der Waals surface area contributed by atoms with Gasteiger partial charge >= 0.3 is 5.97 Å². The summed E-state index contributed by atoms with van der Waals surface area (Å²) in [5.74, 6) is 0.00553. The van der Waals surface area contributed by atoms with E-state index in [1.54, 1.807) is 6.20 Å². The van der Waals surface area contributed by atoms with E-state index < -0.39 is 5.92 Å². The lowest BCUT2D eigenvalue weighted by molar-refractivity contribution is -0.144. The molecule has 122 valence electrons. The average molecular weight is 312 g/mol. The van der Waals surface area contributed by atoms with Crippen molar-refractivity contribution < 1.29 is 9.53 Å². The van der Waals surface area contributed by atoms with Crippen molar-refractivity contribution in [3.8, 4) is 0 Å². The second kappa shape index (κ2) is 8.32. The van der Waals surface area contributed by atoms with Gasteiger partial charge in [-0.3, -0.25) is 4.79 Å². The maximum absolute atomic E-state index is 12.5. The molecular weight excluding hydrogens is 288 g/mol. The van der Waals surface area contributed by atoms with Gasteiger partial charge in [0.25, 0.3) is 0 Å². The smallest absolute Gasteiger partial charge is 0.320 e. The number of carbonyl (C=O) groups excluding carboxylic acids is 1. The lowest BCUT2D eigenvalue weighted by Gasteiger charge is -2.26. The third-order valence-electron chi connectivity index (χ3n) is 3.82. The Kier molecular flexibility index (Phi) is 6.15. The van der Waals surface area contributed by atoms with Gasteiger partial charge in [-0.2, -0.15) is 0 Å². The zero-order valence-corrected chi connectivity index (χ0v) is 14.0. The predicted octanol–water partition coefficient (Wildman–Crippen LogP) is 3.52. The van der Waals surface area contributed by atoms with Crippen LogP contribution in [0.25, 0.3) is 5.57 Å². The topological polar surface area (TPSA) is 41.9 Å². The van der Waals surface area contributed by atoms with Gasteiger partial charge in [0.15, 0.2) is 0 Å². The minimum absolute atomic E-state index is 0.254. The SMILES string of the molecule is CCOC(=O)[C@@H]1C=C(c2ccccc2)C=CN=C1N(CC)CC. The number of hydrogen-bond acceptors (Lipinski definition) is 4. The summed E-state index contributed by atoms with van der Waals surface area (Å²) in [6.07, 6.45) is 5.66. The summed E-state index contributed by atoms with van der Waals surface area (Å²) in [5.41, 5.74) is 2.05. The van der Waals surface area contributed by atoms with Gasteiger partial charge in [-0.05, 0) is 38.0 Å². The van der Waals surface area contributed by atoms with Crippen molar-refractivity contribution in [3.05, 3.63) is 54.2 Å². The molecule has 0 unspecified atom stereocenters. The van der Waals surface area contributed by atoms with Gasteiger partial charge in [-0.25, -0.2) is 4.99 Å². The molecule has 1 aliphatic rings. The van der Waals surface area contributed by atoms with Crippen LogP contribution < -0.4 is 0 Å². The number of amidine groups is 1. The van der Waals surface area contributed by atoms with Crippen molar-refractivity contribution in [2.45, 2.75) is 20.8 Å². The second-order valence-electron chi connectivity index (χ2n) is 5.19. The quantitative estimate of drug-likeness (QED) is 0.781. The lowest BCUT2D eigenvalue weighted by atomic mass is 9.99. The molecular formula is C19H24N2O2. The Labute approximate surface area is 138 Å². The van der Waals surface area contributed by atoms with Crippen LogP contribution in [0, 0.1) is 5.92 Å². The van der Waals surface area contributed by atoms with Gasteiger partial charge in [-0.15, -0.1) is 0 Å². The van der Waals surface area contributed by atoms with E-state index in [9.17, 15) is 4.79 Å². The van der Waals surface area contributed by atoms with Crippen molar-refractivity contribution in [3.63, 3.8) is 0 Å². The van der Waals surface area contributed by atoms with Crippen LogP contribution in [0.4, 0.5) is 0 Å². The fraction of sp³-hybridized carbons (Fsp3) is 0.368. The van der Waals surface area contributed by atoms with E-state index in [0.29, 0.717) is 6.61 Å². The van der Waals surface area contributed by atoms with Crippen LogP contribution in [0.5, 0.6) is 0 Å². The molecule has 0 amide bonds. The first-order valence-electron chi connectivity index (χ1n) is 8.14. The predicted molar refractivity (Wildman–Crippen MR) is 94.0 cm³/mol. The molecule has 1 aromatic rings. The molecule has 0 radical (unpaired) electrons. The van der Waals surface area contributed by atoms with Gasteiger partial charge in [0.05, 0.1) is 6.61 Å². The molecule has 4 heteroatoms. The Balaban J connectivity index is 2.43. The normalized spacial score (nSPS) is 17.1. The van der Waals surface area contributed by atoms with Gasteiger partial charge in [0.2, 0.25) is 0 Å². The lowest BCUT2D eigenvalue weighted by Crippen LogP contribution is -2.39. The zero-order valence-electron chi connectivity index (χ0n) is 14.0. The Morgan fingerprint density at radius 1 is 1.17 bits per heavy atom. The van der Waals surface area contributed by atoms with Gasteiger partial charge in [-0.1, -0.05) is 36.4 Å². The number of hydrogen-bond donors (Lipinski definition) is 0. The number of rotatable bonds is 5. The molecule has 0 N–H and O–H groups in total. The van der Waals surface area contributed by atoms with Crippen LogP contribution in [0.2, 0.25) is 0 Å². The summed E-state index contributed by atoms with van der Waals surface area (Å²) < 4.78 is 5.27. The molecule has 4 nitrogen and oxygen atoms in total. The van der Waals surface area contributed by atoms with Crippen molar-refractivity contribution in [2.24, 2.45) is 10.9 Å². The molecule has 0 aromatic heterocycles. The monoisotopic (exact) mass is 312 g/mol. The summed E-state index contributed by atoms with van der Waals surface area (Å²) in [7, 11) is 0. The van der Waals surface area contributed by atoms with Gasteiger partial charge in [0.1, 0.15) is 11.8 Å². The third-order valence-corrected chi connectivity index (χ3v) is 3.82. The first kappa shape index (κ1) is 17.0. The van der Waals surface area contributed by atoms with Crippen LogP contribution in [0.3, 0.4) is 0 Å². The van der Waals surface area contributed by atoms with Crippen LogP contribution in [-0.2, 0) is 9.53 Å². The first-order chi connectivity index (χ1) is 11.2. The van der Waals surface area contributed by atoms with E-state index in [0.717, 1.165) is 30.1 Å². The number of nitrogens with zero attached hydrogens (tertiary/aromatic N) is 2. The van der Waals surface area contributed by atoms with Gasteiger partial charge in [0, 0.05) is 19.3 Å². The van der Waals surface area contributed by atoms with E-state index in [4.69, 9.17) is 4.74 Å². The molecule has 23 heavy (non-hydrogen) atoms. The molecule has 0 aliphatic carbocycles. The Hall–Kier alpha value is -2.36. The highest BCUT2D eigenvalue weighted by Gasteiger charge is 2.28. The average Bonchev–Trinajstić information content (AvgIpc) is 2.80. The highest BCUT2D eigenvalue weighted by molar-refractivity contribution is 6.05. The molecule has 2 rings (SSSR count). The van der Waals surface area contributed by atoms with Crippen molar-refractivity contribution >= 4 is 17.4 Å². The molecule has 1 aliphatic heterocycles. The third kappa shape index (κ3) is 4.09. The standard InChI is InChI=1S/C19H24N2O2/c1-4-21(5-2)18-17(19(22)23-6-3)14-16(12-13-20-18)15-10-8-7-9-11-15/h7-14,17H,4-6H2,1-3H3/t17-/m1/s1. The fourth-order valence-corrected chi connectivity index (χ4v) is 2.64. The second-order valence-corrected chi connectivity index (χ2v) is 5.19. The minimum Gasteiger partial charge on any atom is -0.465 e. The summed E-state index contributed by atoms with van der Waals surface area (Å²) in [6, 6.07) is 10.0. The van der Waals surface area contributed by atoms with E-state index in [2.05, 4.69) is 23.7 Å². The molecule has 1 atom stereocenters. The summed E-state index contributed by atoms with van der Waals surface area (Å²) in [4.78, 5) is 19.1. The fourth-order valence-electron chi connectivity index (χ4n) is 2.64. The number of allylic oxidation sites excluding steroid dienone is 2. The van der Waals surface area contributed by atoms with E-state index in [1.165, 1.54) is 0 Å². The molecule has 0 spiro atoms. The Bertz CT molecular complexity index is 614. The Morgan fingerprint density at radius 3 is 2.48 bits per heavy atom. The van der Waals surface area contributed by atoms with Crippen LogP contribution in [-0.4, -0.2) is 36.4 Å². The highest BCUT2D eigenvalue weighted by atomic mass is 16.5. The van der Waals surface area contributed by atoms with E-state index >= 15 is 0 Å². The van der Waals surface area contributed by atoms with Crippen molar-refractivity contribution in [1.82, 2.24) is 4.90 Å². The number of carbonyl (C=O) groups is 1.